The highest BCUT2D eigenvalue weighted by atomic mass is 16.6. The van der Waals surface area contributed by atoms with E-state index >= 15 is 0 Å². The van der Waals surface area contributed by atoms with Gasteiger partial charge in [-0.1, -0.05) is 0 Å². The summed E-state index contributed by atoms with van der Waals surface area (Å²) in [4.78, 5) is 24.5. The summed E-state index contributed by atoms with van der Waals surface area (Å²) >= 11 is 0. The summed E-state index contributed by atoms with van der Waals surface area (Å²) in [5.74, 6) is -0.512. The van der Waals surface area contributed by atoms with Crippen molar-refractivity contribution in [1.82, 2.24) is 20.0 Å². The molecule has 1 aromatic rings. The Balaban J connectivity index is 1.90. The highest BCUT2D eigenvalue weighted by Gasteiger charge is 2.25. The fourth-order valence-electron chi connectivity index (χ4n) is 2.10. The van der Waals surface area contributed by atoms with Crippen LogP contribution >= 0.6 is 0 Å². The molecule has 9 heteroatoms. The molecule has 1 saturated heterocycles. The third-order valence-electron chi connectivity index (χ3n) is 3.30. The molecular formula is C12H19N5O4. The summed E-state index contributed by atoms with van der Waals surface area (Å²) in [6.07, 6.45) is 1.27. The first-order valence-corrected chi connectivity index (χ1v) is 6.92. The Hall–Kier alpha value is -2.00. The number of amides is 1. The van der Waals surface area contributed by atoms with Crippen molar-refractivity contribution in [2.45, 2.75) is 13.5 Å². The molecule has 0 atom stereocenters. The van der Waals surface area contributed by atoms with Crippen LogP contribution in [0.25, 0.3) is 0 Å². The summed E-state index contributed by atoms with van der Waals surface area (Å²) in [5, 5.41) is 17.5. The number of nitrogens with zero attached hydrogens (tertiary/aromatic N) is 4. The highest BCUT2D eigenvalue weighted by molar-refractivity contribution is 5.96. The molecule has 1 amide bonds. The Labute approximate surface area is 122 Å². The van der Waals surface area contributed by atoms with Crippen molar-refractivity contribution in [2.75, 3.05) is 39.4 Å². The van der Waals surface area contributed by atoms with E-state index in [9.17, 15) is 14.9 Å². The molecule has 1 N–H and O–H groups in total. The van der Waals surface area contributed by atoms with E-state index in [4.69, 9.17) is 4.74 Å². The molecule has 0 spiro atoms. The first-order valence-electron chi connectivity index (χ1n) is 6.92. The second-order valence-corrected chi connectivity index (χ2v) is 4.69. The molecule has 116 valence electrons. The number of nitrogens with one attached hydrogen (secondary N) is 1. The van der Waals surface area contributed by atoms with Gasteiger partial charge in [-0.15, -0.1) is 0 Å². The van der Waals surface area contributed by atoms with E-state index in [1.165, 1.54) is 10.9 Å². The van der Waals surface area contributed by atoms with E-state index in [-0.39, 0.29) is 11.4 Å². The van der Waals surface area contributed by atoms with Crippen molar-refractivity contribution in [3.05, 3.63) is 22.0 Å². The van der Waals surface area contributed by atoms with E-state index in [0.717, 1.165) is 13.1 Å². The largest absolute Gasteiger partial charge is 0.379 e. The van der Waals surface area contributed by atoms with Gasteiger partial charge >= 0.3 is 5.69 Å². The normalized spacial score (nSPS) is 15.9. The van der Waals surface area contributed by atoms with Gasteiger partial charge in [0.1, 0.15) is 6.20 Å². The van der Waals surface area contributed by atoms with Crippen LogP contribution in [0.4, 0.5) is 5.69 Å². The van der Waals surface area contributed by atoms with E-state index in [0.29, 0.717) is 32.8 Å². The minimum Gasteiger partial charge on any atom is -0.379 e. The van der Waals surface area contributed by atoms with Crippen LogP contribution in [-0.2, 0) is 11.3 Å². The lowest BCUT2D eigenvalue weighted by Gasteiger charge is -2.26. The predicted octanol–water partition coefficient (Wildman–Crippen LogP) is -0.127. The summed E-state index contributed by atoms with van der Waals surface area (Å²) in [5.41, 5.74) is -0.399. The number of aryl methyl sites for hydroxylation is 1. The van der Waals surface area contributed by atoms with E-state index in [2.05, 4.69) is 15.3 Å². The zero-order chi connectivity index (χ0) is 15.2. The van der Waals surface area contributed by atoms with Gasteiger partial charge in [-0.2, -0.15) is 5.10 Å². The van der Waals surface area contributed by atoms with Gasteiger partial charge in [0.25, 0.3) is 5.91 Å². The minimum absolute atomic E-state index is 0.135. The van der Waals surface area contributed by atoms with Gasteiger partial charge < -0.3 is 10.1 Å². The maximum Gasteiger partial charge on any atom is 0.320 e. The molecule has 2 rings (SSSR count). The quantitative estimate of drug-likeness (QED) is 0.580. The molecule has 1 aliphatic rings. The average Bonchev–Trinajstić information content (AvgIpc) is 2.93. The van der Waals surface area contributed by atoms with Crippen LogP contribution in [0.15, 0.2) is 6.20 Å². The highest BCUT2D eigenvalue weighted by Crippen LogP contribution is 2.16. The number of ether oxygens (including phenoxy) is 1. The number of hydrogen-bond donors (Lipinski definition) is 1. The number of carbonyl (C=O) groups excluding carboxylic acids is 1. The second-order valence-electron chi connectivity index (χ2n) is 4.69. The van der Waals surface area contributed by atoms with Gasteiger partial charge in [0.15, 0.2) is 0 Å². The lowest BCUT2D eigenvalue weighted by Crippen LogP contribution is -2.41. The number of morpholine rings is 1. The number of carbonyl (C=O) groups is 1. The first kappa shape index (κ1) is 15.4. The third-order valence-corrected chi connectivity index (χ3v) is 3.30. The van der Waals surface area contributed by atoms with E-state index < -0.39 is 10.8 Å². The van der Waals surface area contributed by atoms with Gasteiger partial charge in [-0.3, -0.25) is 24.5 Å². The summed E-state index contributed by atoms with van der Waals surface area (Å²) < 4.78 is 6.62. The lowest BCUT2D eigenvalue weighted by molar-refractivity contribution is -0.385. The third kappa shape index (κ3) is 3.99. The maximum atomic E-state index is 12.0. The topological polar surface area (TPSA) is 103 Å². The maximum absolute atomic E-state index is 12.0. The molecule has 0 bridgehead atoms. The number of nitro groups is 1. The first-order chi connectivity index (χ1) is 10.1. The Kier molecular flexibility index (Phi) is 5.23. The van der Waals surface area contributed by atoms with Crippen molar-refractivity contribution in [2.24, 2.45) is 0 Å². The molecule has 0 unspecified atom stereocenters. The molecule has 0 aromatic carbocycles. The van der Waals surface area contributed by atoms with Gasteiger partial charge in [0.05, 0.1) is 18.1 Å². The summed E-state index contributed by atoms with van der Waals surface area (Å²) in [6, 6.07) is 0. The van der Waals surface area contributed by atoms with Gasteiger partial charge in [-0.05, 0) is 6.92 Å². The zero-order valence-corrected chi connectivity index (χ0v) is 11.9. The number of aromatic nitrogens is 2. The molecule has 1 aromatic heterocycles. The molecule has 0 saturated carbocycles. The lowest BCUT2D eigenvalue weighted by atomic mass is 10.3. The van der Waals surface area contributed by atoms with Gasteiger partial charge in [0.2, 0.25) is 5.69 Å². The fraction of sp³-hybridized carbons (Fsp3) is 0.667. The second kappa shape index (κ2) is 7.14. The van der Waals surface area contributed by atoms with E-state index in [1.54, 1.807) is 6.92 Å². The number of rotatable bonds is 6. The molecule has 21 heavy (non-hydrogen) atoms. The predicted molar refractivity (Wildman–Crippen MR) is 74.1 cm³/mol. The average molecular weight is 297 g/mol. The standard InChI is InChI=1S/C12H19N5O4/c1-2-16-9-10(17(19)20)11(14-16)12(18)13-3-4-15-5-7-21-8-6-15/h9H,2-8H2,1H3,(H,13,18). The number of hydrogen-bond acceptors (Lipinski definition) is 6. The van der Waals surface area contributed by atoms with E-state index in [1.807, 2.05) is 0 Å². The van der Waals surface area contributed by atoms with Crippen LogP contribution < -0.4 is 5.32 Å². The van der Waals surface area contributed by atoms with Crippen LogP contribution in [0.3, 0.4) is 0 Å². The van der Waals surface area contributed by atoms with Gasteiger partial charge in [-0.25, -0.2) is 0 Å². The zero-order valence-electron chi connectivity index (χ0n) is 11.9. The van der Waals surface area contributed by atoms with Crippen molar-refractivity contribution < 1.29 is 14.5 Å². The van der Waals surface area contributed by atoms with Crippen molar-refractivity contribution in [3.8, 4) is 0 Å². The molecule has 1 fully saturated rings. The van der Waals surface area contributed by atoms with Crippen LogP contribution in [-0.4, -0.2) is 64.9 Å². The smallest absolute Gasteiger partial charge is 0.320 e. The fourth-order valence-corrected chi connectivity index (χ4v) is 2.10. The van der Waals surface area contributed by atoms with Crippen molar-refractivity contribution in [3.63, 3.8) is 0 Å². The molecular weight excluding hydrogens is 278 g/mol. The summed E-state index contributed by atoms with van der Waals surface area (Å²) in [6.45, 7) is 6.45. The Morgan fingerprint density at radius 1 is 1.52 bits per heavy atom. The molecule has 9 nitrogen and oxygen atoms in total. The van der Waals surface area contributed by atoms with Gasteiger partial charge in [0, 0.05) is 32.7 Å². The van der Waals surface area contributed by atoms with Crippen molar-refractivity contribution in [1.29, 1.82) is 0 Å². The monoisotopic (exact) mass is 297 g/mol. The minimum atomic E-state index is -0.587. The molecule has 1 aliphatic heterocycles. The van der Waals surface area contributed by atoms with Crippen molar-refractivity contribution >= 4 is 11.6 Å². The van der Waals surface area contributed by atoms with Crippen LogP contribution in [0, 0.1) is 10.1 Å². The van der Waals surface area contributed by atoms with Crippen LogP contribution in [0.2, 0.25) is 0 Å². The SMILES string of the molecule is CCn1cc([N+](=O)[O-])c(C(=O)NCCN2CCOCC2)n1. The van der Waals surface area contributed by atoms with Crippen LogP contribution in [0.1, 0.15) is 17.4 Å². The molecule has 2 heterocycles. The molecule has 0 aliphatic carbocycles. The van der Waals surface area contributed by atoms with Crippen LogP contribution in [0.5, 0.6) is 0 Å². The Morgan fingerprint density at radius 3 is 2.86 bits per heavy atom. The Bertz CT molecular complexity index is 510. The summed E-state index contributed by atoms with van der Waals surface area (Å²) in [7, 11) is 0. The Morgan fingerprint density at radius 2 is 2.24 bits per heavy atom. The molecule has 0 radical (unpaired) electrons.